The summed E-state index contributed by atoms with van der Waals surface area (Å²) in [7, 11) is 0. The first-order valence-electron chi connectivity index (χ1n) is 4.25. The molecule has 13 heavy (non-hydrogen) atoms. The number of aromatic nitrogens is 1. The average molecular weight is 181 g/mol. The summed E-state index contributed by atoms with van der Waals surface area (Å²) in [5.74, 6) is 0.0412. The van der Waals surface area contributed by atoms with Crippen LogP contribution in [0.5, 0.6) is 5.88 Å². The molecule has 0 saturated carbocycles. The third kappa shape index (κ3) is 3.90. The minimum Gasteiger partial charge on any atom is -0.493 e. The van der Waals surface area contributed by atoms with Crippen molar-refractivity contribution < 1.29 is 9.84 Å². The molecule has 0 unspecified atom stereocenters. The number of nitrogens with zero attached hydrogens (tertiary/aromatic N) is 1. The topological polar surface area (TPSA) is 42.4 Å². The molecule has 0 saturated heterocycles. The van der Waals surface area contributed by atoms with E-state index < -0.39 is 0 Å². The number of pyridine rings is 1. The first-order valence-corrected chi connectivity index (χ1v) is 4.25. The lowest BCUT2D eigenvalue weighted by Gasteiger charge is -2.19. The van der Waals surface area contributed by atoms with Crippen molar-refractivity contribution in [3.8, 4) is 5.88 Å². The molecule has 1 N–H and O–H groups in total. The van der Waals surface area contributed by atoms with Gasteiger partial charge in [0.15, 0.2) is 0 Å². The maximum atomic E-state index is 8.93. The molecule has 0 atom stereocenters. The Labute approximate surface area is 78.4 Å². The van der Waals surface area contributed by atoms with Crippen molar-refractivity contribution in [3.05, 3.63) is 23.9 Å². The Morgan fingerprint density at radius 2 is 2.08 bits per heavy atom. The van der Waals surface area contributed by atoms with Crippen molar-refractivity contribution in [2.45, 2.75) is 33.0 Å². The summed E-state index contributed by atoms with van der Waals surface area (Å²) in [5.41, 5.74) is 0.825. The summed E-state index contributed by atoms with van der Waals surface area (Å²) in [5, 5.41) is 8.93. The highest BCUT2D eigenvalue weighted by molar-refractivity contribution is 5.15. The Morgan fingerprint density at radius 1 is 1.38 bits per heavy atom. The van der Waals surface area contributed by atoms with Crippen LogP contribution in [0.1, 0.15) is 26.3 Å². The SMILES string of the molecule is CC(C)(C)OCc1ccc(O)nc1. The first kappa shape index (κ1) is 9.99. The second-order valence-electron chi connectivity index (χ2n) is 3.93. The third-order valence-electron chi connectivity index (χ3n) is 1.48. The molecule has 0 aliphatic heterocycles. The molecule has 0 aromatic carbocycles. The Hall–Kier alpha value is -1.09. The molecule has 0 amide bonds. The minimum absolute atomic E-state index is 0.0412. The van der Waals surface area contributed by atoms with Crippen molar-refractivity contribution in [2.24, 2.45) is 0 Å². The number of hydrogen-bond donors (Lipinski definition) is 1. The van der Waals surface area contributed by atoms with E-state index in [4.69, 9.17) is 9.84 Å². The molecule has 1 aromatic rings. The summed E-state index contributed by atoms with van der Waals surface area (Å²) in [4.78, 5) is 3.76. The molecule has 1 heterocycles. The summed E-state index contributed by atoms with van der Waals surface area (Å²) >= 11 is 0. The van der Waals surface area contributed by atoms with Crippen LogP contribution in [0.2, 0.25) is 0 Å². The van der Waals surface area contributed by atoms with Gasteiger partial charge in [0.1, 0.15) is 0 Å². The van der Waals surface area contributed by atoms with Crippen LogP contribution in [-0.2, 0) is 11.3 Å². The Bertz CT molecular complexity index is 261. The zero-order valence-corrected chi connectivity index (χ0v) is 8.24. The minimum atomic E-state index is -0.141. The predicted molar refractivity (Wildman–Crippen MR) is 50.4 cm³/mol. The Morgan fingerprint density at radius 3 is 2.54 bits per heavy atom. The normalized spacial score (nSPS) is 11.6. The molecule has 0 fully saturated rings. The molecule has 3 nitrogen and oxygen atoms in total. The molecule has 72 valence electrons. The highest BCUT2D eigenvalue weighted by Gasteiger charge is 2.09. The van der Waals surface area contributed by atoms with E-state index in [9.17, 15) is 0 Å². The summed E-state index contributed by atoms with van der Waals surface area (Å²) in [6.45, 7) is 6.53. The Balaban J connectivity index is 2.51. The van der Waals surface area contributed by atoms with E-state index in [-0.39, 0.29) is 11.5 Å². The van der Waals surface area contributed by atoms with Gasteiger partial charge in [-0.2, -0.15) is 0 Å². The summed E-state index contributed by atoms with van der Waals surface area (Å²) in [6.07, 6.45) is 1.61. The molecular formula is C10H15NO2. The van der Waals surface area contributed by atoms with Gasteiger partial charge in [0.2, 0.25) is 5.88 Å². The molecule has 0 aliphatic carbocycles. The van der Waals surface area contributed by atoms with Crippen molar-refractivity contribution in [1.82, 2.24) is 4.98 Å². The van der Waals surface area contributed by atoms with Gasteiger partial charge in [-0.3, -0.25) is 0 Å². The molecule has 1 aromatic heterocycles. The van der Waals surface area contributed by atoms with E-state index in [1.165, 1.54) is 0 Å². The summed E-state index contributed by atoms with van der Waals surface area (Å²) in [6, 6.07) is 3.36. The number of aromatic hydroxyl groups is 1. The van der Waals surface area contributed by atoms with E-state index in [2.05, 4.69) is 4.98 Å². The van der Waals surface area contributed by atoms with Gasteiger partial charge in [0.05, 0.1) is 12.2 Å². The quantitative estimate of drug-likeness (QED) is 0.759. The maximum Gasteiger partial charge on any atom is 0.210 e. The fourth-order valence-electron chi connectivity index (χ4n) is 0.802. The highest BCUT2D eigenvalue weighted by Crippen LogP contribution is 2.12. The lowest BCUT2D eigenvalue weighted by atomic mass is 10.2. The molecule has 0 aliphatic rings. The van der Waals surface area contributed by atoms with Crippen LogP contribution in [0, 0.1) is 0 Å². The van der Waals surface area contributed by atoms with Crippen LogP contribution in [0.4, 0.5) is 0 Å². The van der Waals surface area contributed by atoms with Crippen LogP contribution in [0.15, 0.2) is 18.3 Å². The predicted octanol–water partition coefficient (Wildman–Crippen LogP) is 2.10. The van der Waals surface area contributed by atoms with Crippen LogP contribution in [0.3, 0.4) is 0 Å². The van der Waals surface area contributed by atoms with Crippen LogP contribution in [-0.4, -0.2) is 15.7 Å². The van der Waals surface area contributed by atoms with Gasteiger partial charge in [0.25, 0.3) is 0 Å². The lowest BCUT2D eigenvalue weighted by Crippen LogP contribution is -2.18. The van der Waals surface area contributed by atoms with Gasteiger partial charge in [-0.1, -0.05) is 0 Å². The fourth-order valence-corrected chi connectivity index (χ4v) is 0.802. The van der Waals surface area contributed by atoms with Gasteiger partial charge in [-0.25, -0.2) is 4.98 Å². The highest BCUT2D eigenvalue weighted by atomic mass is 16.5. The molecule has 3 heteroatoms. The van der Waals surface area contributed by atoms with Crippen LogP contribution in [0.25, 0.3) is 0 Å². The third-order valence-corrected chi connectivity index (χ3v) is 1.48. The smallest absolute Gasteiger partial charge is 0.210 e. The zero-order valence-electron chi connectivity index (χ0n) is 8.24. The van der Waals surface area contributed by atoms with E-state index in [0.717, 1.165) is 5.56 Å². The number of hydrogen-bond acceptors (Lipinski definition) is 3. The van der Waals surface area contributed by atoms with Crippen molar-refractivity contribution in [3.63, 3.8) is 0 Å². The second kappa shape index (κ2) is 3.75. The van der Waals surface area contributed by atoms with Gasteiger partial charge < -0.3 is 9.84 Å². The van der Waals surface area contributed by atoms with Gasteiger partial charge >= 0.3 is 0 Å². The molecule has 0 radical (unpaired) electrons. The van der Waals surface area contributed by atoms with Gasteiger partial charge in [0, 0.05) is 12.3 Å². The first-order chi connectivity index (χ1) is 5.97. The molecule has 1 rings (SSSR count). The lowest BCUT2D eigenvalue weighted by molar-refractivity contribution is -0.0150. The largest absolute Gasteiger partial charge is 0.493 e. The fraction of sp³-hybridized carbons (Fsp3) is 0.500. The van der Waals surface area contributed by atoms with E-state index in [1.807, 2.05) is 20.8 Å². The van der Waals surface area contributed by atoms with E-state index in [1.54, 1.807) is 18.3 Å². The second-order valence-corrected chi connectivity index (χ2v) is 3.93. The van der Waals surface area contributed by atoms with Crippen LogP contribution < -0.4 is 0 Å². The van der Waals surface area contributed by atoms with E-state index >= 15 is 0 Å². The Kier molecular flexibility index (Phi) is 2.88. The standard InChI is InChI=1S/C10H15NO2/c1-10(2,3)13-7-8-4-5-9(12)11-6-8/h4-6H,7H2,1-3H3,(H,11,12). The van der Waals surface area contributed by atoms with E-state index in [0.29, 0.717) is 6.61 Å². The maximum absolute atomic E-state index is 8.93. The van der Waals surface area contributed by atoms with Crippen molar-refractivity contribution in [1.29, 1.82) is 0 Å². The zero-order chi connectivity index (χ0) is 9.90. The molecule has 0 bridgehead atoms. The van der Waals surface area contributed by atoms with Gasteiger partial charge in [-0.15, -0.1) is 0 Å². The molecular weight excluding hydrogens is 166 g/mol. The molecule has 0 spiro atoms. The monoisotopic (exact) mass is 181 g/mol. The average Bonchev–Trinajstić information content (AvgIpc) is 2.02. The van der Waals surface area contributed by atoms with Crippen molar-refractivity contribution >= 4 is 0 Å². The van der Waals surface area contributed by atoms with Crippen molar-refractivity contribution in [2.75, 3.05) is 0 Å². The number of rotatable bonds is 2. The van der Waals surface area contributed by atoms with Gasteiger partial charge in [-0.05, 0) is 32.4 Å². The summed E-state index contributed by atoms with van der Waals surface area (Å²) < 4.78 is 5.53. The van der Waals surface area contributed by atoms with Crippen LogP contribution >= 0.6 is 0 Å². The number of ether oxygens (including phenoxy) is 1.